The van der Waals surface area contributed by atoms with Gasteiger partial charge in [0.2, 0.25) is 5.91 Å². The number of fused-ring (bicyclic) bond motifs is 1. The monoisotopic (exact) mass is 372 g/mol. The van der Waals surface area contributed by atoms with Gasteiger partial charge in [0.15, 0.2) is 0 Å². The van der Waals surface area contributed by atoms with E-state index in [0.29, 0.717) is 28.6 Å². The molecule has 0 spiro atoms. The van der Waals surface area contributed by atoms with E-state index in [-0.39, 0.29) is 18.4 Å². The fourth-order valence-corrected chi connectivity index (χ4v) is 4.02. The van der Waals surface area contributed by atoms with Crippen molar-refractivity contribution >= 4 is 29.1 Å². The standard InChI is InChI=1S/C20H18Cl2N2O/c1-13-15-5-2-4-14(8-10-23)16(15)9-11-24(13)20(25)12-17-18(21)6-3-7-19(17)22/h2-7,13H,8-9,11-12H2,1H3/t13-/m0/s1. The van der Waals surface area contributed by atoms with Gasteiger partial charge in [0.05, 0.1) is 25.0 Å². The van der Waals surface area contributed by atoms with Crippen LogP contribution in [0.3, 0.4) is 0 Å². The van der Waals surface area contributed by atoms with Crippen LogP contribution in [-0.4, -0.2) is 17.4 Å². The number of nitrogens with zero attached hydrogens (tertiary/aromatic N) is 2. The molecule has 2 aromatic carbocycles. The summed E-state index contributed by atoms with van der Waals surface area (Å²) in [5, 5.41) is 10.0. The first-order valence-electron chi connectivity index (χ1n) is 8.23. The molecule has 25 heavy (non-hydrogen) atoms. The smallest absolute Gasteiger partial charge is 0.227 e. The van der Waals surface area contributed by atoms with Crippen molar-refractivity contribution in [1.82, 2.24) is 4.90 Å². The Morgan fingerprint density at radius 3 is 2.60 bits per heavy atom. The normalized spacial score (nSPS) is 16.2. The lowest BCUT2D eigenvalue weighted by molar-refractivity contribution is -0.133. The van der Waals surface area contributed by atoms with Crippen LogP contribution < -0.4 is 0 Å². The topological polar surface area (TPSA) is 44.1 Å². The van der Waals surface area contributed by atoms with Gasteiger partial charge in [-0.2, -0.15) is 5.26 Å². The third-order valence-corrected chi connectivity index (χ3v) is 5.52. The van der Waals surface area contributed by atoms with E-state index in [0.717, 1.165) is 17.5 Å². The molecular weight excluding hydrogens is 355 g/mol. The highest BCUT2D eigenvalue weighted by Crippen LogP contribution is 2.33. The molecule has 1 heterocycles. The molecule has 0 radical (unpaired) electrons. The van der Waals surface area contributed by atoms with E-state index in [1.807, 2.05) is 30.0 Å². The molecule has 0 N–H and O–H groups in total. The summed E-state index contributed by atoms with van der Waals surface area (Å²) >= 11 is 12.4. The first kappa shape index (κ1) is 17.8. The molecule has 0 saturated heterocycles. The van der Waals surface area contributed by atoms with E-state index < -0.39 is 0 Å². The maximum Gasteiger partial charge on any atom is 0.227 e. The van der Waals surface area contributed by atoms with Gasteiger partial charge in [-0.1, -0.05) is 47.5 Å². The van der Waals surface area contributed by atoms with Gasteiger partial charge in [0.25, 0.3) is 0 Å². The second-order valence-corrected chi connectivity index (χ2v) is 7.02. The van der Waals surface area contributed by atoms with Crippen LogP contribution in [-0.2, 0) is 24.1 Å². The van der Waals surface area contributed by atoms with Crippen molar-refractivity contribution in [2.24, 2.45) is 0 Å². The van der Waals surface area contributed by atoms with Crippen molar-refractivity contribution in [3.63, 3.8) is 0 Å². The van der Waals surface area contributed by atoms with E-state index in [1.165, 1.54) is 5.56 Å². The maximum absolute atomic E-state index is 12.9. The first-order valence-corrected chi connectivity index (χ1v) is 8.98. The van der Waals surface area contributed by atoms with Gasteiger partial charge in [0, 0.05) is 16.6 Å². The number of hydrogen-bond acceptors (Lipinski definition) is 2. The van der Waals surface area contributed by atoms with Crippen molar-refractivity contribution in [3.8, 4) is 6.07 Å². The van der Waals surface area contributed by atoms with Crippen LogP contribution in [0.1, 0.15) is 35.2 Å². The van der Waals surface area contributed by atoms with Crippen molar-refractivity contribution in [2.75, 3.05) is 6.54 Å². The Morgan fingerprint density at radius 2 is 1.92 bits per heavy atom. The van der Waals surface area contributed by atoms with E-state index in [9.17, 15) is 4.79 Å². The Morgan fingerprint density at radius 1 is 1.24 bits per heavy atom. The Kier molecular flexibility index (Phi) is 5.32. The van der Waals surface area contributed by atoms with Crippen molar-refractivity contribution in [1.29, 1.82) is 5.26 Å². The zero-order valence-electron chi connectivity index (χ0n) is 13.9. The molecule has 0 unspecified atom stereocenters. The minimum atomic E-state index is -0.0313. The lowest BCUT2D eigenvalue weighted by Gasteiger charge is -2.36. The van der Waals surface area contributed by atoms with Gasteiger partial charge in [-0.3, -0.25) is 4.79 Å². The third-order valence-electron chi connectivity index (χ3n) is 4.81. The Hall–Kier alpha value is -2.02. The fourth-order valence-electron chi connectivity index (χ4n) is 3.49. The number of carbonyl (C=O) groups is 1. The number of carbonyl (C=O) groups excluding carboxylic acids is 1. The molecule has 1 aliphatic rings. The summed E-state index contributed by atoms with van der Waals surface area (Å²) in [6.07, 6.45) is 1.36. The number of halogens is 2. The average molecular weight is 373 g/mol. The van der Waals surface area contributed by atoms with Crippen molar-refractivity contribution in [3.05, 3.63) is 68.7 Å². The van der Waals surface area contributed by atoms with Gasteiger partial charge in [-0.15, -0.1) is 0 Å². The maximum atomic E-state index is 12.9. The first-order chi connectivity index (χ1) is 12.0. The molecule has 0 saturated carbocycles. The van der Waals surface area contributed by atoms with E-state index >= 15 is 0 Å². The second kappa shape index (κ2) is 7.47. The number of rotatable bonds is 3. The number of benzene rings is 2. The summed E-state index contributed by atoms with van der Waals surface area (Å²) in [4.78, 5) is 14.7. The van der Waals surface area contributed by atoms with Crippen molar-refractivity contribution < 1.29 is 4.79 Å². The number of amides is 1. The van der Waals surface area contributed by atoms with Gasteiger partial charge in [-0.25, -0.2) is 0 Å². The molecule has 128 valence electrons. The Labute approximate surface area is 157 Å². The van der Waals surface area contributed by atoms with E-state index in [1.54, 1.807) is 18.2 Å². The van der Waals surface area contributed by atoms with Gasteiger partial charge < -0.3 is 4.90 Å². The minimum absolute atomic E-state index is 0.0128. The highest BCUT2D eigenvalue weighted by atomic mass is 35.5. The van der Waals surface area contributed by atoms with Gasteiger partial charge in [0.1, 0.15) is 0 Å². The van der Waals surface area contributed by atoms with Crippen LogP contribution in [0.15, 0.2) is 36.4 Å². The molecule has 3 rings (SSSR count). The number of hydrogen-bond donors (Lipinski definition) is 0. The number of nitriles is 1. The second-order valence-electron chi connectivity index (χ2n) is 6.21. The van der Waals surface area contributed by atoms with Gasteiger partial charge in [-0.05, 0) is 47.7 Å². The minimum Gasteiger partial charge on any atom is -0.335 e. The SMILES string of the molecule is C[C@H]1c2cccc(CC#N)c2CCN1C(=O)Cc1c(Cl)cccc1Cl. The summed E-state index contributed by atoms with van der Waals surface area (Å²) < 4.78 is 0. The molecule has 5 heteroatoms. The van der Waals surface area contributed by atoms with E-state index in [2.05, 4.69) is 6.07 Å². The Bertz CT molecular complexity index is 837. The molecule has 2 aromatic rings. The average Bonchev–Trinajstić information content (AvgIpc) is 2.59. The predicted octanol–water partition coefficient (Wildman–Crippen LogP) is 4.75. The lowest BCUT2D eigenvalue weighted by Crippen LogP contribution is -2.40. The lowest BCUT2D eigenvalue weighted by atomic mass is 9.88. The van der Waals surface area contributed by atoms with Crippen LogP contribution in [0, 0.1) is 11.3 Å². The molecule has 0 bridgehead atoms. The third kappa shape index (κ3) is 3.51. The largest absolute Gasteiger partial charge is 0.335 e. The van der Waals surface area contributed by atoms with Crippen LogP contribution in [0.4, 0.5) is 0 Å². The summed E-state index contributed by atoms with van der Waals surface area (Å²) in [5.41, 5.74) is 4.06. The molecule has 0 aliphatic carbocycles. The summed E-state index contributed by atoms with van der Waals surface area (Å²) in [6, 6.07) is 13.5. The van der Waals surface area contributed by atoms with Crippen molar-refractivity contribution in [2.45, 2.75) is 32.2 Å². The zero-order valence-corrected chi connectivity index (χ0v) is 15.4. The van der Waals surface area contributed by atoms with Gasteiger partial charge >= 0.3 is 0 Å². The zero-order chi connectivity index (χ0) is 18.0. The fraction of sp³-hybridized carbons (Fsp3) is 0.300. The molecule has 0 aromatic heterocycles. The molecule has 1 aliphatic heterocycles. The van der Waals surface area contributed by atoms with Crippen LogP contribution in [0.25, 0.3) is 0 Å². The van der Waals surface area contributed by atoms with E-state index in [4.69, 9.17) is 28.5 Å². The summed E-state index contributed by atoms with van der Waals surface area (Å²) in [5.74, 6) is 0.0128. The quantitative estimate of drug-likeness (QED) is 0.780. The Balaban J connectivity index is 1.84. The molecule has 1 atom stereocenters. The molecule has 0 fully saturated rings. The van der Waals surface area contributed by atoms with Crippen LogP contribution in [0.5, 0.6) is 0 Å². The summed E-state index contributed by atoms with van der Waals surface area (Å²) in [6.45, 7) is 2.66. The molecule has 1 amide bonds. The molecule has 3 nitrogen and oxygen atoms in total. The van der Waals surface area contributed by atoms with Crippen LogP contribution in [0.2, 0.25) is 10.0 Å². The van der Waals surface area contributed by atoms with Crippen LogP contribution >= 0.6 is 23.2 Å². The highest BCUT2D eigenvalue weighted by Gasteiger charge is 2.29. The molecular formula is C20H18Cl2N2O. The highest BCUT2D eigenvalue weighted by molar-refractivity contribution is 6.36. The predicted molar refractivity (Wildman–Crippen MR) is 99.8 cm³/mol. The summed E-state index contributed by atoms with van der Waals surface area (Å²) in [7, 11) is 0.